The molecule has 0 spiro atoms. The number of benzene rings is 1. The maximum Gasteiger partial charge on any atom is 0.245 e. The minimum absolute atomic E-state index is 0.0958. The minimum atomic E-state index is -3.65. The molecule has 0 radical (unpaired) electrons. The predicted molar refractivity (Wildman–Crippen MR) is 86.6 cm³/mol. The molecular formula is C13H12BrClFNO2S2. The average Bonchev–Trinajstić information content (AvgIpc) is 2.80. The van der Waals surface area contributed by atoms with Crippen molar-refractivity contribution in [2.24, 2.45) is 0 Å². The Bertz CT molecular complexity index is 748. The number of hydrogen-bond acceptors (Lipinski definition) is 3. The topological polar surface area (TPSA) is 37.4 Å². The molecule has 8 heteroatoms. The Kier molecular flexibility index (Phi) is 5.43. The van der Waals surface area contributed by atoms with Crippen LogP contribution >= 0.6 is 38.9 Å². The number of nitrogens with zero attached hydrogens (tertiary/aromatic N) is 1. The Hall–Kier alpha value is -0.470. The number of halogens is 3. The number of sulfonamides is 1. The SMILES string of the molecule is CN(Cc1cccc(F)c1)S(=O)(=O)c1cc(CCl)sc1Br. The Morgan fingerprint density at radius 2 is 2.10 bits per heavy atom. The van der Waals surface area contributed by atoms with Gasteiger partial charge in [0.1, 0.15) is 10.7 Å². The van der Waals surface area contributed by atoms with Crippen LogP contribution in [0.25, 0.3) is 0 Å². The van der Waals surface area contributed by atoms with Gasteiger partial charge in [-0.3, -0.25) is 0 Å². The smallest absolute Gasteiger partial charge is 0.207 e. The molecule has 0 fully saturated rings. The summed E-state index contributed by atoms with van der Waals surface area (Å²) >= 11 is 10.3. The van der Waals surface area contributed by atoms with Crippen LogP contribution in [0.15, 0.2) is 39.0 Å². The van der Waals surface area contributed by atoms with Crippen molar-refractivity contribution in [1.82, 2.24) is 4.31 Å². The standard InChI is InChI=1S/C13H12BrClFNO2S2/c1-17(8-9-3-2-4-10(16)5-9)21(18,19)12-6-11(7-15)20-13(12)14/h2-6H,7-8H2,1H3. The van der Waals surface area contributed by atoms with Gasteiger partial charge >= 0.3 is 0 Å². The molecule has 0 bridgehead atoms. The van der Waals surface area contributed by atoms with Crippen LogP contribution in [0, 0.1) is 5.82 Å². The van der Waals surface area contributed by atoms with Crippen molar-refractivity contribution >= 4 is 48.9 Å². The quantitative estimate of drug-likeness (QED) is 0.690. The molecule has 0 amide bonds. The number of hydrogen-bond donors (Lipinski definition) is 0. The molecule has 0 unspecified atom stereocenters. The number of alkyl halides is 1. The van der Waals surface area contributed by atoms with Gasteiger partial charge in [-0.15, -0.1) is 22.9 Å². The molecule has 0 aliphatic heterocycles. The van der Waals surface area contributed by atoms with Gasteiger partial charge in [0, 0.05) is 18.5 Å². The summed E-state index contributed by atoms with van der Waals surface area (Å²) in [4.78, 5) is 0.948. The van der Waals surface area contributed by atoms with Gasteiger partial charge in [-0.05, 0) is 39.7 Å². The molecule has 1 aromatic carbocycles. The number of thiophene rings is 1. The lowest BCUT2D eigenvalue weighted by Crippen LogP contribution is -2.26. The molecule has 114 valence electrons. The maximum atomic E-state index is 13.2. The van der Waals surface area contributed by atoms with Gasteiger partial charge < -0.3 is 0 Å². The molecule has 1 heterocycles. The Morgan fingerprint density at radius 3 is 2.67 bits per heavy atom. The van der Waals surface area contributed by atoms with E-state index in [9.17, 15) is 12.8 Å². The first kappa shape index (κ1) is 16.9. The average molecular weight is 413 g/mol. The zero-order valence-corrected chi connectivity index (χ0v) is 15.0. The second kappa shape index (κ2) is 6.75. The van der Waals surface area contributed by atoms with Gasteiger partial charge in [0.25, 0.3) is 0 Å². The van der Waals surface area contributed by atoms with Crippen LogP contribution < -0.4 is 0 Å². The summed E-state index contributed by atoms with van der Waals surface area (Å²) < 4.78 is 39.9. The van der Waals surface area contributed by atoms with E-state index in [1.165, 1.54) is 34.8 Å². The second-order valence-corrected chi connectivity index (χ2v) is 9.11. The minimum Gasteiger partial charge on any atom is -0.207 e. The van der Waals surface area contributed by atoms with E-state index in [2.05, 4.69) is 15.9 Å². The van der Waals surface area contributed by atoms with E-state index in [1.54, 1.807) is 18.2 Å². The monoisotopic (exact) mass is 411 g/mol. The van der Waals surface area contributed by atoms with E-state index in [0.29, 0.717) is 9.35 Å². The summed E-state index contributed by atoms with van der Waals surface area (Å²) in [6.07, 6.45) is 0. The van der Waals surface area contributed by atoms with E-state index in [-0.39, 0.29) is 23.1 Å². The molecule has 0 aliphatic carbocycles. The zero-order valence-electron chi connectivity index (χ0n) is 11.0. The van der Waals surface area contributed by atoms with Crippen molar-refractivity contribution < 1.29 is 12.8 Å². The van der Waals surface area contributed by atoms with E-state index >= 15 is 0 Å². The first-order chi connectivity index (χ1) is 9.84. The maximum absolute atomic E-state index is 13.2. The van der Waals surface area contributed by atoms with E-state index in [4.69, 9.17) is 11.6 Å². The predicted octanol–water partition coefficient (Wildman–Crippen LogP) is 4.21. The highest BCUT2D eigenvalue weighted by Gasteiger charge is 2.25. The molecular weight excluding hydrogens is 401 g/mol. The van der Waals surface area contributed by atoms with Crippen molar-refractivity contribution in [2.45, 2.75) is 17.3 Å². The fourth-order valence-corrected chi connectivity index (χ4v) is 5.66. The van der Waals surface area contributed by atoms with E-state index in [1.807, 2.05) is 0 Å². The lowest BCUT2D eigenvalue weighted by molar-refractivity contribution is 0.465. The third-order valence-electron chi connectivity index (χ3n) is 2.82. The molecule has 3 nitrogen and oxygen atoms in total. The van der Waals surface area contributed by atoms with Crippen LogP contribution in [0.5, 0.6) is 0 Å². The Balaban J connectivity index is 2.28. The molecule has 0 N–H and O–H groups in total. The van der Waals surface area contributed by atoms with Crippen LogP contribution in [0.1, 0.15) is 10.4 Å². The van der Waals surface area contributed by atoms with Crippen molar-refractivity contribution in [3.63, 3.8) is 0 Å². The van der Waals surface area contributed by atoms with E-state index < -0.39 is 10.0 Å². The largest absolute Gasteiger partial charge is 0.245 e. The van der Waals surface area contributed by atoms with Crippen LogP contribution in [-0.2, 0) is 22.4 Å². The van der Waals surface area contributed by atoms with Crippen molar-refractivity contribution in [2.75, 3.05) is 7.05 Å². The molecule has 0 aliphatic rings. The highest BCUT2D eigenvalue weighted by atomic mass is 79.9. The van der Waals surface area contributed by atoms with Crippen LogP contribution in [0.4, 0.5) is 4.39 Å². The summed E-state index contributed by atoms with van der Waals surface area (Å²) in [7, 11) is -2.19. The van der Waals surface area contributed by atoms with Gasteiger partial charge in [0.05, 0.1) is 9.67 Å². The van der Waals surface area contributed by atoms with Crippen molar-refractivity contribution in [1.29, 1.82) is 0 Å². The van der Waals surface area contributed by atoms with Crippen LogP contribution in [0.3, 0.4) is 0 Å². The second-order valence-electron chi connectivity index (χ2n) is 4.38. The third-order valence-corrected chi connectivity index (χ3v) is 7.32. The summed E-state index contributed by atoms with van der Waals surface area (Å²) in [5.41, 5.74) is 0.588. The molecule has 0 saturated carbocycles. The third kappa shape index (κ3) is 3.84. The van der Waals surface area contributed by atoms with Gasteiger partial charge in [-0.2, -0.15) is 4.31 Å². The lowest BCUT2D eigenvalue weighted by Gasteiger charge is -2.16. The molecule has 2 aromatic rings. The van der Waals surface area contributed by atoms with Gasteiger partial charge in [-0.1, -0.05) is 12.1 Å². The Labute approximate surface area is 140 Å². The summed E-state index contributed by atoms with van der Waals surface area (Å²) in [6, 6.07) is 7.43. The van der Waals surface area contributed by atoms with Gasteiger partial charge in [0.2, 0.25) is 10.0 Å². The molecule has 0 saturated heterocycles. The zero-order chi connectivity index (χ0) is 15.6. The summed E-state index contributed by atoms with van der Waals surface area (Å²) in [6.45, 7) is 0.0958. The lowest BCUT2D eigenvalue weighted by atomic mass is 10.2. The highest BCUT2D eigenvalue weighted by molar-refractivity contribution is 9.11. The van der Waals surface area contributed by atoms with E-state index in [0.717, 1.165) is 4.88 Å². The normalized spacial score (nSPS) is 12.0. The van der Waals surface area contributed by atoms with Crippen LogP contribution in [-0.4, -0.2) is 19.8 Å². The van der Waals surface area contributed by atoms with Crippen molar-refractivity contribution in [3.8, 4) is 0 Å². The first-order valence-electron chi connectivity index (χ1n) is 5.89. The van der Waals surface area contributed by atoms with Gasteiger partial charge in [-0.25, -0.2) is 12.8 Å². The molecule has 21 heavy (non-hydrogen) atoms. The van der Waals surface area contributed by atoms with Crippen LogP contribution in [0.2, 0.25) is 0 Å². The molecule has 2 rings (SSSR count). The fourth-order valence-electron chi connectivity index (χ4n) is 1.78. The number of rotatable bonds is 5. The highest BCUT2D eigenvalue weighted by Crippen LogP contribution is 2.34. The molecule has 0 atom stereocenters. The Morgan fingerprint density at radius 1 is 1.38 bits per heavy atom. The summed E-state index contributed by atoms with van der Waals surface area (Å²) in [5.74, 6) is -0.133. The first-order valence-corrected chi connectivity index (χ1v) is 9.48. The summed E-state index contributed by atoms with van der Waals surface area (Å²) in [5, 5.41) is 0. The van der Waals surface area contributed by atoms with Gasteiger partial charge in [0.15, 0.2) is 0 Å². The van der Waals surface area contributed by atoms with Crippen molar-refractivity contribution in [3.05, 3.63) is 50.4 Å². The molecule has 1 aromatic heterocycles. The fraction of sp³-hybridized carbons (Fsp3) is 0.231.